The molecule has 1 aliphatic heterocycles. The van der Waals surface area contributed by atoms with Gasteiger partial charge < -0.3 is 10.2 Å². The Balaban J connectivity index is 0.00000128. The van der Waals surface area contributed by atoms with Gasteiger partial charge in [-0.05, 0) is 25.3 Å². The number of hydrogen-bond donors (Lipinski definition) is 1. The van der Waals surface area contributed by atoms with Crippen molar-refractivity contribution in [2.24, 2.45) is 0 Å². The van der Waals surface area contributed by atoms with Gasteiger partial charge in [0, 0.05) is 25.2 Å². The molecule has 1 saturated heterocycles. The number of carbonyl (C=O) groups is 1. The van der Waals surface area contributed by atoms with Gasteiger partial charge in [-0.15, -0.1) is 23.7 Å². The quantitative estimate of drug-likeness (QED) is 0.838. The summed E-state index contributed by atoms with van der Waals surface area (Å²) in [6.07, 6.45) is 0. The molecule has 90 valence electrons. The van der Waals surface area contributed by atoms with E-state index in [0.29, 0.717) is 6.04 Å². The van der Waals surface area contributed by atoms with E-state index in [0.717, 1.165) is 18.0 Å². The van der Waals surface area contributed by atoms with Gasteiger partial charge >= 0.3 is 0 Å². The van der Waals surface area contributed by atoms with E-state index in [1.165, 1.54) is 11.3 Å². The summed E-state index contributed by atoms with van der Waals surface area (Å²) in [7, 11) is 0. The molecule has 1 aromatic rings. The number of carbonyl (C=O) groups excluding carboxylic acids is 1. The molecule has 0 aliphatic carbocycles. The molecule has 0 spiro atoms. The lowest BCUT2D eigenvalue weighted by atomic mass is 10.1. The van der Waals surface area contributed by atoms with Crippen molar-refractivity contribution in [3.63, 3.8) is 0 Å². The van der Waals surface area contributed by atoms with E-state index < -0.39 is 0 Å². The number of piperazine rings is 1. The summed E-state index contributed by atoms with van der Waals surface area (Å²) < 4.78 is 0. The number of nitrogens with zero attached hydrogens (tertiary/aromatic N) is 1. The van der Waals surface area contributed by atoms with Crippen molar-refractivity contribution in [3.8, 4) is 0 Å². The standard InChI is InChI=1S/C11H16N2OS.ClH/c1-8-7-13(9(2)6-12-8)11(14)10-4-3-5-15-10;/h3-5,8-9,12H,6-7H2,1-2H3;1H. The summed E-state index contributed by atoms with van der Waals surface area (Å²) in [5, 5.41) is 5.32. The lowest BCUT2D eigenvalue weighted by molar-refractivity contribution is 0.0621. The van der Waals surface area contributed by atoms with E-state index in [2.05, 4.69) is 19.2 Å². The van der Waals surface area contributed by atoms with Crippen molar-refractivity contribution < 1.29 is 4.79 Å². The number of amides is 1. The van der Waals surface area contributed by atoms with Crippen LogP contribution >= 0.6 is 23.7 Å². The molecule has 1 fully saturated rings. The molecule has 2 atom stereocenters. The average Bonchev–Trinajstić information content (AvgIpc) is 2.74. The number of nitrogens with one attached hydrogen (secondary N) is 1. The molecule has 1 N–H and O–H groups in total. The smallest absolute Gasteiger partial charge is 0.264 e. The number of hydrogen-bond acceptors (Lipinski definition) is 3. The van der Waals surface area contributed by atoms with Crippen LogP contribution in [0.4, 0.5) is 0 Å². The minimum Gasteiger partial charge on any atom is -0.332 e. The van der Waals surface area contributed by atoms with Gasteiger partial charge in [-0.1, -0.05) is 6.07 Å². The number of thiophene rings is 1. The molecule has 1 aliphatic rings. The van der Waals surface area contributed by atoms with Gasteiger partial charge in [0.15, 0.2) is 0 Å². The normalized spacial score (nSPS) is 25.0. The maximum Gasteiger partial charge on any atom is 0.264 e. The highest BCUT2D eigenvalue weighted by atomic mass is 35.5. The van der Waals surface area contributed by atoms with Crippen molar-refractivity contribution in [2.45, 2.75) is 25.9 Å². The second-order valence-electron chi connectivity index (χ2n) is 4.09. The van der Waals surface area contributed by atoms with Crippen molar-refractivity contribution in [2.75, 3.05) is 13.1 Å². The van der Waals surface area contributed by atoms with Gasteiger partial charge in [0.05, 0.1) is 4.88 Å². The van der Waals surface area contributed by atoms with Crippen LogP contribution in [0.5, 0.6) is 0 Å². The Kier molecular flexibility index (Phi) is 4.77. The van der Waals surface area contributed by atoms with Crippen LogP contribution in [0, 0.1) is 0 Å². The third-order valence-corrected chi connectivity index (χ3v) is 3.62. The van der Waals surface area contributed by atoms with Crippen LogP contribution in [-0.2, 0) is 0 Å². The van der Waals surface area contributed by atoms with Crippen LogP contribution in [0.1, 0.15) is 23.5 Å². The zero-order chi connectivity index (χ0) is 10.8. The summed E-state index contributed by atoms with van der Waals surface area (Å²) in [5.41, 5.74) is 0. The van der Waals surface area contributed by atoms with Crippen molar-refractivity contribution in [1.29, 1.82) is 0 Å². The molecule has 16 heavy (non-hydrogen) atoms. The second kappa shape index (κ2) is 5.66. The molecule has 2 rings (SSSR count). The minimum atomic E-state index is 0. The van der Waals surface area contributed by atoms with Crippen LogP contribution in [0.25, 0.3) is 0 Å². The third kappa shape index (κ3) is 2.75. The first-order chi connectivity index (χ1) is 7.18. The molecule has 2 unspecified atom stereocenters. The van der Waals surface area contributed by atoms with E-state index in [4.69, 9.17) is 0 Å². The molecule has 2 heterocycles. The van der Waals surface area contributed by atoms with Gasteiger partial charge in [-0.3, -0.25) is 4.79 Å². The molecule has 0 radical (unpaired) electrons. The van der Waals surface area contributed by atoms with E-state index in [1.807, 2.05) is 22.4 Å². The Morgan fingerprint density at radius 1 is 1.56 bits per heavy atom. The van der Waals surface area contributed by atoms with Gasteiger partial charge in [0.2, 0.25) is 0 Å². The van der Waals surface area contributed by atoms with E-state index in [-0.39, 0.29) is 24.4 Å². The topological polar surface area (TPSA) is 32.3 Å². The molecular formula is C11H17ClN2OS. The molecule has 1 aromatic heterocycles. The van der Waals surface area contributed by atoms with Gasteiger partial charge in [0.25, 0.3) is 5.91 Å². The van der Waals surface area contributed by atoms with Gasteiger partial charge in [-0.25, -0.2) is 0 Å². The fourth-order valence-electron chi connectivity index (χ4n) is 1.85. The third-order valence-electron chi connectivity index (χ3n) is 2.76. The Morgan fingerprint density at radius 3 is 2.94 bits per heavy atom. The first-order valence-corrected chi connectivity index (χ1v) is 6.14. The fraction of sp³-hybridized carbons (Fsp3) is 0.545. The monoisotopic (exact) mass is 260 g/mol. The van der Waals surface area contributed by atoms with E-state index in [1.54, 1.807) is 0 Å². The highest BCUT2D eigenvalue weighted by molar-refractivity contribution is 7.12. The minimum absolute atomic E-state index is 0. The highest BCUT2D eigenvalue weighted by Gasteiger charge is 2.27. The summed E-state index contributed by atoms with van der Waals surface area (Å²) in [5.74, 6) is 0.172. The lowest BCUT2D eigenvalue weighted by Gasteiger charge is -2.37. The average molecular weight is 261 g/mol. The Morgan fingerprint density at radius 2 is 2.31 bits per heavy atom. The van der Waals surface area contributed by atoms with Crippen LogP contribution in [0.15, 0.2) is 17.5 Å². The zero-order valence-electron chi connectivity index (χ0n) is 9.47. The van der Waals surface area contributed by atoms with Crippen LogP contribution in [0.2, 0.25) is 0 Å². The van der Waals surface area contributed by atoms with Crippen LogP contribution in [-0.4, -0.2) is 36.0 Å². The Labute approximate surface area is 106 Å². The summed E-state index contributed by atoms with van der Waals surface area (Å²) in [4.78, 5) is 14.9. The van der Waals surface area contributed by atoms with Crippen LogP contribution in [0.3, 0.4) is 0 Å². The van der Waals surface area contributed by atoms with Gasteiger partial charge in [-0.2, -0.15) is 0 Å². The van der Waals surface area contributed by atoms with Crippen molar-refractivity contribution >= 4 is 29.7 Å². The molecule has 3 nitrogen and oxygen atoms in total. The highest BCUT2D eigenvalue weighted by Crippen LogP contribution is 2.16. The molecule has 1 amide bonds. The van der Waals surface area contributed by atoms with E-state index >= 15 is 0 Å². The van der Waals surface area contributed by atoms with Crippen molar-refractivity contribution in [1.82, 2.24) is 10.2 Å². The maximum atomic E-state index is 12.1. The predicted molar refractivity (Wildman–Crippen MR) is 69.5 cm³/mol. The van der Waals surface area contributed by atoms with E-state index in [9.17, 15) is 4.79 Å². The van der Waals surface area contributed by atoms with Crippen LogP contribution < -0.4 is 5.32 Å². The largest absolute Gasteiger partial charge is 0.332 e. The summed E-state index contributed by atoms with van der Waals surface area (Å²) >= 11 is 1.52. The molecule has 5 heteroatoms. The first-order valence-electron chi connectivity index (χ1n) is 5.26. The van der Waals surface area contributed by atoms with Gasteiger partial charge in [0.1, 0.15) is 0 Å². The van der Waals surface area contributed by atoms with Crippen molar-refractivity contribution in [3.05, 3.63) is 22.4 Å². The SMILES string of the molecule is CC1CN(C(=O)c2cccs2)C(C)CN1.Cl. The molecular weight excluding hydrogens is 244 g/mol. The summed E-state index contributed by atoms with van der Waals surface area (Å²) in [6.45, 7) is 5.89. The second-order valence-corrected chi connectivity index (χ2v) is 5.04. The lowest BCUT2D eigenvalue weighted by Crippen LogP contribution is -2.56. The molecule has 0 saturated carbocycles. The molecule has 0 aromatic carbocycles. The maximum absolute atomic E-state index is 12.1. The summed E-state index contributed by atoms with van der Waals surface area (Å²) in [6, 6.07) is 4.50. The Hall–Kier alpha value is -0.580. The fourth-order valence-corrected chi connectivity index (χ4v) is 2.53. The molecule has 0 bridgehead atoms. The number of rotatable bonds is 1. The first kappa shape index (κ1) is 13.5. The zero-order valence-corrected chi connectivity index (χ0v) is 11.1. The predicted octanol–water partition coefficient (Wildman–Crippen LogP) is 1.99. The Bertz CT molecular complexity index is 342. The number of halogens is 1.